The number of esters is 3. The molecular weight excluding hydrogens is 212 g/mol. The van der Waals surface area contributed by atoms with E-state index in [0.29, 0.717) is 0 Å². The number of carbonyl (C=O) groups is 3. The Balaban J connectivity index is 5.28. The van der Waals surface area contributed by atoms with Gasteiger partial charge in [-0.15, -0.1) is 0 Å². The summed E-state index contributed by atoms with van der Waals surface area (Å²) in [6.07, 6.45) is 0.226. The maximum absolute atomic E-state index is 11.8. The molecule has 0 aliphatic carbocycles. The van der Waals surface area contributed by atoms with E-state index in [1.54, 1.807) is 20.8 Å². The van der Waals surface area contributed by atoms with Crippen molar-refractivity contribution < 1.29 is 23.9 Å². The van der Waals surface area contributed by atoms with Crippen LogP contribution in [-0.4, -0.2) is 25.0 Å². The van der Waals surface area contributed by atoms with E-state index >= 15 is 0 Å². The number of carbonyl (C=O) groups excluding carboxylic acids is 3. The highest BCUT2D eigenvalue weighted by molar-refractivity contribution is 6.03. The van der Waals surface area contributed by atoms with Crippen LogP contribution in [0.2, 0.25) is 0 Å². The van der Waals surface area contributed by atoms with Crippen LogP contribution in [0.4, 0.5) is 0 Å². The molecule has 0 N–H and O–H groups in total. The van der Waals surface area contributed by atoms with E-state index in [1.165, 1.54) is 7.11 Å². The fourth-order valence-electron chi connectivity index (χ4n) is 1.66. The molecule has 5 nitrogen and oxygen atoms in total. The molecule has 0 rings (SSSR count). The lowest BCUT2D eigenvalue weighted by molar-refractivity contribution is -0.178. The number of hydrogen-bond acceptors (Lipinski definition) is 5. The van der Waals surface area contributed by atoms with Crippen molar-refractivity contribution in [2.75, 3.05) is 7.11 Å². The summed E-state index contributed by atoms with van der Waals surface area (Å²) in [5.74, 6) is -2.55. The van der Waals surface area contributed by atoms with Gasteiger partial charge in [-0.1, -0.05) is 20.8 Å². The maximum Gasteiger partial charge on any atom is 0.331 e. The van der Waals surface area contributed by atoms with Crippen LogP contribution in [0.5, 0.6) is 0 Å². The van der Waals surface area contributed by atoms with Crippen molar-refractivity contribution in [1.82, 2.24) is 0 Å². The third kappa shape index (κ3) is 2.59. The van der Waals surface area contributed by atoms with Gasteiger partial charge in [0.05, 0.1) is 7.11 Å². The number of rotatable bonds is 4. The van der Waals surface area contributed by atoms with Crippen LogP contribution in [0, 0.1) is 11.3 Å². The quantitative estimate of drug-likeness (QED) is 0.538. The van der Waals surface area contributed by atoms with E-state index in [9.17, 15) is 14.4 Å². The summed E-state index contributed by atoms with van der Waals surface area (Å²) >= 11 is 0. The highest BCUT2D eigenvalue weighted by Crippen LogP contribution is 2.34. The van der Waals surface area contributed by atoms with Crippen molar-refractivity contribution in [2.45, 2.75) is 34.1 Å². The van der Waals surface area contributed by atoms with Crippen molar-refractivity contribution in [3.05, 3.63) is 0 Å². The third-order valence-corrected chi connectivity index (χ3v) is 2.69. The second-order valence-corrected chi connectivity index (χ2v) is 3.85. The zero-order valence-electron chi connectivity index (χ0n) is 10.3. The average molecular weight is 230 g/mol. The normalized spacial score (nSPS) is 14.1. The summed E-state index contributed by atoms with van der Waals surface area (Å²) < 4.78 is 9.13. The highest BCUT2D eigenvalue weighted by Gasteiger charge is 2.50. The van der Waals surface area contributed by atoms with E-state index in [2.05, 4.69) is 9.47 Å². The van der Waals surface area contributed by atoms with Crippen LogP contribution in [0.1, 0.15) is 34.1 Å². The Kier molecular flexibility index (Phi) is 5.14. The molecule has 0 spiro atoms. The molecule has 0 fully saturated rings. The first kappa shape index (κ1) is 14.6. The molecule has 0 saturated heterocycles. The third-order valence-electron chi connectivity index (χ3n) is 2.69. The van der Waals surface area contributed by atoms with E-state index in [-0.39, 0.29) is 12.3 Å². The first-order chi connectivity index (χ1) is 7.32. The van der Waals surface area contributed by atoms with Crippen molar-refractivity contribution in [3.8, 4) is 0 Å². The lowest BCUT2D eigenvalue weighted by atomic mass is 9.75. The molecule has 1 atom stereocenters. The molecule has 0 aliphatic heterocycles. The molecule has 16 heavy (non-hydrogen) atoms. The minimum absolute atomic E-state index is 0.226. The maximum atomic E-state index is 11.8. The summed E-state index contributed by atoms with van der Waals surface area (Å²) in [7, 11) is 1.20. The molecule has 0 aromatic heterocycles. The molecule has 0 bridgehead atoms. The van der Waals surface area contributed by atoms with Crippen LogP contribution >= 0.6 is 0 Å². The SMILES string of the molecule is CC[C@](C(=O)OC)(C(=O)OC(C)=O)C(C)C. The van der Waals surface area contributed by atoms with Crippen molar-refractivity contribution in [1.29, 1.82) is 0 Å². The second kappa shape index (κ2) is 5.63. The number of hydrogen-bond donors (Lipinski definition) is 0. The average Bonchev–Trinajstić information content (AvgIpc) is 2.17. The Labute approximate surface area is 95.1 Å². The minimum atomic E-state index is -1.40. The topological polar surface area (TPSA) is 69.7 Å². The fraction of sp³-hybridized carbons (Fsp3) is 0.727. The van der Waals surface area contributed by atoms with Gasteiger partial charge in [0.2, 0.25) is 0 Å². The number of methoxy groups -OCH3 is 1. The van der Waals surface area contributed by atoms with Crippen LogP contribution in [0.3, 0.4) is 0 Å². The standard InChI is InChI=1S/C11H18O5/c1-6-11(7(2)3,9(13)15-5)10(14)16-8(4)12/h7H,6H2,1-5H3/t11-/m0/s1. The zero-order chi connectivity index (χ0) is 12.9. The van der Waals surface area contributed by atoms with E-state index < -0.39 is 23.3 Å². The molecule has 0 unspecified atom stereocenters. The van der Waals surface area contributed by atoms with E-state index in [4.69, 9.17) is 0 Å². The van der Waals surface area contributed by atoms with Crippen LogP contribution in [0.15, 0.2) is 0 Å². The molecule has 0 amide bonds. The molecular formula is C11H18O5. The van der Waals surface area contributed by atoms with Crippen LogP contribution < -0.4 is 0 Å². The minimum Gasteiger partial charge on any atom is -0.468 e. The van der Waals surface area contributed by atoms with Gasteiger partial charge in [-0.2, -0.15) is 0 Å². The molecule has 0 heterocycles. The molecule has 0 aliphatic rings. The lowest BCUT2D eigenvalue weighted by Crippen LogP contribution is -2.45. The Hall–Kier alpha value is -1.39. The molecule has 0 radical (unpaired) electrons. The summed E-state index contributed by atoms with van der Waals surface area (Å²) in [5, 5.41) is 0. The monoisotopic (exact) mass is 230 g/mol. The predicted octanol–water partition coefficient (Wildman–Crippen LogP) is 1.30. The molecule has 5 heteroatoms. The van der Waals surface area contributed by atoms with Gasteiger partial charge in [0, 0.05) is 6.92 Å². The van der Waals surface area contributed by atoms with Crippen LogP contribution in [0.25, 0.3) is 0 Å². The van der Waals surface area contributed by atoms with Gasteiger partial charge in [0.25, 0.3) is 0 Å². The van der Waals surface area contributed by atoms with Crippen molar-refractivity contribution >= 4 is 17.9 Å². The van der Waals surface area contributed by atoms with Gasteiger partial charge < -0.3 is 9.47 Å². The van der Waals surface area contributed by atoms with Crippen LogP contribution in [-0.2, 0) is 23.9 Å². The lowest BCUT2D eigenvalue weighted by Gasteiger charge is -2.30. The molecule has 0 aromatic rings. The Morgan fingerprint density at radius 3 is 1.94 bits per heavy atom. The van der Waals surface area contributed by atoms with Gasteiger partial charge in [0.15, 0.2) is 5.41 Å². The summed E-state index contributed by atoms with van der Waals surface area (Å²) in [4.78, 5) is 34.3. The summed E-state index contributed by atoms with van der Waals surface area (Å²) in [6, 6.07) is 0. The van der Waals surface area contributed by atoms with Gasteiger partial charge >= 0.3 is 17.9 Å². The van der Waals surface area contributed by atoms with Crippen molar-refractivity contribution in [3.63, 3.8) is 0 Å². The smallest absolute Gasteiger partial charge is 0.331 e. The Morgan fingerprint density at radius 2 is 1.69 bits per heavy atom. The Bertz CT molecular complexity index is 295. The highest BCUT2D eigenvalue weighted by atomic mass is 16.6. The predicted molar refractivity (Wildman–Crippen MR) is 56.4 cm³/mol. The largest absolute Gasteiger partial charge is 0.468 e. The fourth-order valence-corrected chi connectivity index (χ4v) is 1.66. The second-order valence-electron chi connectivity index (χ2n) is 3.85. The summed E-state index contributed by atoms with van der Waals surface area (Å²) in [5.41, 5.74) is -1.40. The van der Waals surface area contributed by atoms with E-state index in [0.717, 1.165) is 6.92 Å². The zero-order valence-corrected chi connectivity index (χ0v) is 10.3. The van der Waals surface area contributed by atoms with Crippen molar-refractivity contribution in [2.24, 2.45) is 11.3 Å². The van der Waals surface area contributed by atoms with E-state index in [1.807, 2.05) is 0 Å². The number of ether oxygens (including phenoxy) is 2. The summed E-state index contributed by atoms with van der Waals surface area (Å²) in [6.45, 7) is 6.22. The Morgan fingerprint density at radius 1 is 1.19 bits per heavy atom. The van der Waals surface area contributed by atoms with Gasteiger partial charge in [0.1, 0.15) is 0 Å². The van der Waals surface area contributed by atoms with Gasteiger partial charge in [-0.05, 0) is 12.3 Å². The van der Waals surface area contributed by atoms with Gasteiger partial charge in [-0.3, -0.25) is 14.4 Å². The molecule has 92 valence electrons. The van der Waals surface area contributed by atoms with Gasteiger partial charge in [-0.25, -0.2) is 0 Å². The molecule has 0 saturated carbocycles. The first-order valence-electron chi connectivity index (χ1n) is 5.14. The molecule has 0 aromatic carbocycles. The first-order valence-corrected chi connectivity index (χ1v) is 5.14.